The van der Waals surface area contributed by atoms with E-state index in [1.807, 2.05) is 0 Å². The highest BCUT2D eigenvalue weighted by molar-refractivity contribution is 7.98. The van der Waals surface area contributed by atoms with Gasteiger partial charge in [0.05, 0.1) is 25.5 Å². The molecule has 0 aliphatic rings. The molecule has 10 atom stereocenters. The average molecular weight is 1190 g/mol. The number of thioether (sulfide) groups is 1. The molecular weight excluding hydrogens is 1100 g/mol. The van der Waals surface area contributed by atoms with Crippen molar-refractivity contribution in [1.29, 1.82) is 0 Å². The van der Waals surface area contributed by atoms with Crippen molar-refractivity contribution in [2.45, 2.75) is 166 Å². The Kier molecular flexibility index (Phi) is 36.1. The number of aliphatic imine (C=N–C) groups is 2. The van der Waals surface area contributed by atoms with E-state index in [2.05, 4.69) is 57.8 Å². The summed E-state index contributed by atoms with van der Waals surface area (Å²) in [5.74, 6) is -14.6. The topological polar surface area (TPSA) is 575 Å². The molecule has 0 spiro atoms. The summed E-state index contributed by atoms with van der Waals surface area (Å²) < 4.78 is 0. The van der Waals surface area contributed by atoms with Crippen LogP contribution in [0.25, 0.3) is 0 Å². The highest BCUT2D eigenvalue weighted by Gasteiger charge is 2.36. The van der Waals surface area contributed by atoms with Crippen LogP contribution in [0.15, 0.2) is 9.98 Å². The van der Waals surface area contributed by atoms with Crippen LogP contribution >= 0.6 is 11.8 Å². The number of guanidine groups is 2. The molecule has 82 heavy (non-hydrogen) atoms. The quantitative estimate of drug-likeness (QED) is 0.0153. The number of carboxylic acid groups (broad SMARTS) is 3. The largest absolute Gasteiger partial charge is 0.481 e. The second-order valence-electron chi connectivity index (χ2n) is 19.8. The number of nitrogens with two attached hydrogens (primary N) is 6. The van der Waals surface area contributed by atoms with Crippen LogP contribution in [0.4, 0.5) is 0 Å². The zero-order valence-electron chi connectivity index (χ0n) is 47.2. The molecule has 0 aliphatic carbocycles. The number of hydrogen-bond acceptors (Lipinski definition) is 18. The Hall–Kier alpha value is -7.59. The molecular formula is C48H87N17O16S. The molecule has 0 fully saturated rings. The highest BCUT2D eigenvalue weighted by atomic mass is 32.2. The van der Waals surface area contributed by atoms with Gasteiger partial charge in [-0.1, -0.05) is 27.7 Å². The summed E-state index contributed by atoms with van der Waals surface area (Å²) in [5, 5.41) is 60.4. The van der Waals surface area contributed by atoms with Crippen LogP contribution < -0.4 is 82.3 Å². The lowest BCUT2D eigenvalue weighted by atomic mass is 9.99. The minimum atomic E-state index is -1.80. The van der Waals surface area contributed by atoms with Crippen LogP contribution in [0, 0.1) is 11.8 Å². The first-order chi connectivity index (χ1) is 38.4. The second-order valence-corrected chi connectivity index (χ2v) is 20.8. The zero-order valence-corrected chi connectivity index (χ0v) is 48.0. The van der Waals surface area contributed by atoms with E-state index in [1.165, 1.54) is 11.8 Å². The molecule has 34 heteroatoms. The minimum Gasteiger partial charge on any atom is -0.481 e. The molecule has 0 radical (unpaired) electrons. The summed E-state index contributed by atoms with van der Waals surface area (Å²) >= 11 is 1.41. The SMILES string of the molecule is CSCC[C@H](N)C(=O)N[C@@H](CC(=O)O)C(=O)N[C@@H](CCCN=C(N)N)C(=O)N[C@H](C(=O)N[C@@H](CC(C)C)C(=O)N[C@@H](CO)C(=O)N[C@@H](CCCN=C(N)N)C(=O)N[C@@H](C)C(=O)N[C@@H](CC(=O)O)C(=O)N[C@@H](CCCCN)C(=O)O)C(C)C. The predicted molar refractivity (Wildman–Crippen MR) is 300 cm³/mol. The number of nitrogens with zero attached hydrogens (tertiary/aromatic N) is 2. The van der Waals surface area contributed by atoms with Gasteiger partial charge in [-0.25, -0.2) is 4.79 Å². The number of carboxylic acids is 3. The number of nitrogens with one attached hydrogen (secondary N) is 9. The van der Waals surface area contributed by atoms with E-state index in [-0.39, 0.29) is 82.4 Å². The van der Waals surface area contributed by atoms with E-state index in [0.717, 1.165) is 6.92 Å². The van der Waals surface area contributed by atoms with Crippen LogP contribution in [0.1, 0.15) is 105 Å². The third-order valence-electron chi connectivity index (χ3n) is 11.9. The van der Waals surface area contributed by atoms with Crippen LogP contribution in [0.2, 0.25) is 0 Å². The third-order valence-corrected chi connectivity index (χ3v) is 12.5. The van der Waals surface area contributed by atoms with Crippen molar-refractivity contribution in [2.24, 2.45) is 56.2 Å². The van der Waals surface area contributed by atoms with Gasteiger partial charge in [0.15, 0.2) is 11.9 Å². The summed E-state index contributed by atoms with van der Waals surface area (Å²) in [6, 6.07) is -15.2. The summed E-state index contributed by atoms with van der Waals surface area (Å²) in [4.78, 5) is 165. The monoisotopic (exact) mass is 1190 g/mol. The van der Waals surface area contributed by atoms with Crippen molar-refractivity contribution >= 4 is 94.8 Å². The van der Waals surface area contributed by atoms with Crippen molar-refractivity contribution in [3.8, 4) is 0 Å². The molecule has 33 nitrogen and oxygen atoms in total. The number of amides is 9. The molecule has 466 valence electrons. The molecule has 0 aromatic heterocycles. The minimum absolute atomic E-state index is 0.0165. The lowest BCUT2D eigenvalue weighted by molar-refractivity contribution is -0.144. The first-order valence-electron chi connectivity index (χ1n) is 26.4. The maximum Gasteiger partial charge on any atom is 0.326 e. The Morgan fingerprint density at radius 2 is 0.878 bits per heavy atom. The summed E-state index contributed by atoms with van der Waals surface area (Å²) in [5.41, 5.74) is 33.1. The molecule has 0 rings (SSSR count). The van der Waals surface area contributed by atoms with Gasteiger partial charge >= 0.3 is 17.9 Å². The molecule has 9 amide bonds. The maximum absolute atomic E-state index is 14.1. The number of aliphatic carboxylic acids is 3. The van der Waals surface area contributed by atoms with Gasteiger partial charge in [-0.05, 0) is 95.1 Å². The molecule has 0 heterocycles. The number of unbranched alkanes of at least 4 members (excludes halogenated alkanes) is 1. The van der Waals surface area contributed by atoms with E-state index in [0.29, 0.717) is 18.6 Å². The van der Waals surface area contributed by atoms with Gasteiger partial charge in [-0.2, -0.15) is 11.8 Å². The van der Waals surface area contributed by atoms with E-state index >= 15 is 0 Å². The van der Waals surface area contributed by atoms with Crippen LogP contribution in [-0.4, -0.2) is 202 Å². The summed E-state index contributed by atoms with van der Waals surface area (Å²) in [6.45, 7) is 6.78. The number of rotatable bonds is 42. The van der Waals surface area contributed by atoms with E-state index in [4.69, 9.17) is 34.4 Å². The average Bonchev–Trinajstić information content (AvgIpc) is 3.47. The lowest BCUT2D eigenvalue weighted by Gasteiger charge is -2.29. The fourth-order valence-corrected chi connectivity index (χ4v) is 7.92. The van der Waals surface area contributed by atoms with Crippen LogP contribution in [0.5, 0.6) is 0 Å². The normalized spacial score (nSPS) is 14.7. The second kappa shape index (κ2) is 39.7. The van der Waals surface area contributed by atoms with Crippen molar-refractivity contribution in [3.05, 3.63) is 0 Å². The number of hydrogen-bond donors (Lipinski definition) is 19. The Bertz CT molecular complexity index is 2220. The zero-order chi connectivity index (χ0) is 62.8. The Morgan fingerprint density at radius 1 is 0.476 bits per heavy atom. The molecule has 0 unspecified atom stereocenters. The summed E-state index contributed by atoms with van der Waals surface area (Å²) in [6.07, 6.45) is 0.467. The van der Waals surface area contributed by atoms with Gasteiger partial charge in [0, 0.05) is 13.1 Å². The Balaban J connectivity index is 6.61. The first-order valence-corrected chi connectivity index (χ1v) is 27.8. The number of carbonyl (C=O) groups excluding carboxylic acids is 9. The van der Waals surface area contributed by atoms with Gasteiger partial charge in [0.25, 0.3) is 0 Å². The first kappa shape index (κ1) is 74.4. The number of carbonyl (C=O) groups is 12. The van der Waals surface area contributed by atoms with E-state index in [9.17, 15) is 78.0 Å². The van der Waals surface area contributed by atoms with Gasteiger partial charge in [-0.3, -0.25) is 62.7 Å². The highest BCUT2D eigenvalue weighted by Crippen LogP contribution is 2.12. The molecule has 0 aliphatic heterocycles. The van der Waals surface area contributed by atoms with E-state index in [1.54, 1.807) is 34.0 Å². The molecule has 0 saturated carbocycles. The fraction of sp³-hybridized carbons (Fsp3) is 0.708. The number of aliphatic hydroxyl groups excluding tert-OH is 1. The van der Waals surface area contributed by atoms with Gasteiger partial charge < -0.3 is 103 Å². The Labute approximate surface area is 479 Å². The summed E-state index contributed by atoms with van der Waals surface area (Å²) in [7, 11) is 0. The van der Waals surface area contributed by atoms with Crippen molar-refractivity contribution in [1.82, 2.24) is 47.9 Å². The lowest BCUT2D eigenvalue weighted by Crippen LogP contribution is -2.61. The molecule has 0 bridgehead atoms. The van der Waals surface area contributed by atoms with Gasteiger partial charge in [0.2, 0.25) is 53.2 Å². The molecule has 0 saturated heterocycles. The van der Waals surface area contributed by atoms with Crippen molar-refractivity contribution < 1.29 is 78.0 Å². The number of aliphatic hydroxyl groups is 1. The van der Waals surface area contributed by atoms with Crippen molar-refractivity contribution in [2.75, 3.05) is 38.2 Å². The molecule has 25 N–H and O–H groups in total. The third kappa shape index (κ3) is 30.8. The van der Waals surface area contributed by atoms with Gasteiger partial charge in [0.1, 0.15) is 54.4 Å². The van der Waals surface area contributed by atoms with Gasteiger partial charge in [-0.15, -0.1) is 0 Å². The fourth-order valence-electron chi connectivity index (χ4n) is 7.43. The van der Waals surface area contributed by atoms with Crippen LogP contribution in [0.3, 0.4) is 0 Å². The maximum atomic E-state index is 14.1. The standard InChI is InChI=1S/C48H87N17O16S/c1-23(2)19-30(63-45(79)36(24(3)4)65-40(74)28(13-10-17-56-48(53)54)58-42(76)32(21-35(69)70)62-38(72)26(50)14-18-82-6)41(75)64-33(22-66)44(78)59-27(12-9-16-55-47(51)52)39(73)57-25(5)37(71)61-31(20-34(67)68)43(77)60-29(46(80)81)11-7-8-15-49/h23-33,36,66H,7-22,49-50H2,1-6H3,(H,57,73)(H,58,76)(H,59,78)(H,60,77)(H,61,71)(H,62,72)(H,63,79)(H,64,75)(H,65,74)(H,67,68)(H,69,70)(H,80,81)(H4,51,52,55)(H4,53,54,56)/t25-,26-,27-,28-,29-,30-,31-,32-,33-,36-/m0/s1. The van der Waals surface area contributed by atoms with E-state index < -0.39 is 157 Å². The predicted octanol–water partition coefficient (Wildman–Crippen LogP) is -6.59. The van der Waals surface area contributed by atoms with Crippen molar-refractivity contribution in [3.63, 3.8) is 0 Å². The van der Waals surface area contributed by atoms with Crippen LogP contribution in [-0.2, 0) is 57.5 Å². The molecule has 0 aromatic rings. The molecule has 0 aromatic carbocycles. The Morgan fingerprint density at radius 3 is 1.30 bits per heavy atom. The smallest absolute Gasteiger partial charge is 0.326 e.